The van der Waals surface area contributed by atoms with Crippen molar-refractivity contribution in [1.82, 2.24) is 9.29 Å². The molecule has 3 aromatic rings. The van der Waals surface area contributed by atoms with Gasteiger partial charge in [-0.2, -0.15) is 0 Å². The Balaban J connectivity index is 1.71. The molecule has 1 heterocycles. The standard InChI is InChI=1S/C19H13F5N2OS/c20-13-14(21)16(23)19(17(24)15(13)22)28-26(10-4-5-10)8-9-3-6-12(27)18-11(9)2-1-7-25-18/h1-3,6-7,10,27H,4-5,8H2. The predicted molar refractivity (Wildman–Crippen MR) is 94.1 cm³/mol. The number of phenols is 1. The van der Waals surface area contributed by atoms with Gasteiger partial charge >= 0.3 is 0 Å². The lowest BCUT2D eigenvalue weighted by Gasteiger charge is -2.22. The molecule has 1 aliphatic rings. The van der Waals surface area contributed by atoms with E-state index < -0.39 is 34.0 Å². The Morgan fingerprint density at radius 2 is 1.61 bits per heavy atom. The van der Waals surface area contributed by atoms with Gasteiger partial charge in [-0.3, -0.25) is 4.98 Å². The third kappa shape index (κ3) is 3.29. The second-order valence-electron chi connectivity index (χ2n) is 6.44. The molecule has 4 rings (SSSR count). The van der Waals surface area contributed by atoms with Crippen LogP contribution in [0, 0.1) is 29.1 Å². The number of benzene rings is 2. The fourth-order valence-electron chi connectivity index (χ4n) is 2.90. The van der Waals surface area contributed by atoms with E-state index in [4.69, 9.17) is 0 Å². The van der Waals surface area contributed by atoms with Crippen LogP contribution in [0.5, 0.6) is 5.75 Å². The fourth-order valence-corrected chi connectivity index (χ4v) is 4.04. The molecule has 1 aliphatic carbocycles. The van der Waals surface area contributed by atoms with Crippen molar-refractivity contribution in [2.75, 3.05) is 0 Å². The SMILES string of the molecule is Oc1ccc(CN(Sc2c(F)c(F)c(F)c(F)c2F)C2CC2)c2cccnc12. The number of fused-ring (bicyclic) bond motifs is 1. The molecular formula is C19H13F5N2OS. The lowest BCUT2D eigenvalue weighted by Crippen LogP contribution is -2.19. The molecule has 1 fully saturated rings. The maximum Gasteiger partial charge on any atom is 0.200 e. The lowest BCUT2D eigenvalue weighted by molar-refractivity contribution is 0.358. The van der Waals surface area contributed by atoms with Crippen molar-refractivity contribution < 1.29 is 27.1 Å². The van der Waals surface area contributed by atoms with E-state index in [1.807, 2.05) is 0 Å². The largest absolute Gasteiger partial charge is 0.506 e. The smallest absolute Gasteiger partial charge is 0.200 e. The average molecular weight is 412 g/mol. The number of aromatic hydroxyl groups is 1. The average Bonchev–Trinajstić information content (AvgIpc) is 3.54. The molecule has 0 bridgehead atoms. The minimum atomic E-state index is -2.17. The second-order valence-corrected chi connectivity index (χ2v) is 7.50. The van der Waals surface area contributed by atoms with Crippen molar-refractivity contribution >= 4 is 22.9 Å². The highest BCUT2D eigenvalue weighted by Gasteiger charge is 2.34. The van der Waals surface area contributed by atoms with E-state index in [1.54, 1.807) is 22.5 Å². The topological polar surface area (TPSA) is 36.4 Å². The van der Waals surface area contributed by atoms with Crippen molar-refractivity contribution in [1.29, 1.82) is 0 Å². The summed E-state index contributed by atoms with van der Waals surface area (Å²) >= 11 is 0.511. The molecule has 1 saturated carbocycles. The maximum absolute atomic E-state index is 14.1. The predicted octanol–water partition coefficient (Wildman–Crippen LogP) is 5.31. The van der Waals surface area contributed by atoms with E-state index in [0.29, 0.717) is 28.4 Å². The molecule has 0 amide bonds. The van der Waals surface area contributed by atoms with Crippen LogP contribution in [0.4, 0.5) is 22.0 Å². The number of hydrogen-bond acceptors (Lipinski definition) is 4. The molecule has 3 nitrogen and oxygen atoms in total. The Kier molecular flexibility index (Phi) is 4.88. The highest BCUT2D eigenvalue weighted by Crippen LogP contribution is 2.41. The van der Waals surface area contributed by atoms with Gasteiger partial charge in [-0.25, -0.2) is 26.3 Å². The van der Waals surface area contributed by atoms with E-state index in [2.05, 4.69) is 4.98 Å². The molecule has 2 aromatic carbocycles. The summed E-state index contributed by atoms with van der Waals surface area (Å²) in [6.45, 7) is 0.178. The number of nitrogens with zero attached hydrogens (tertiary/aromatic N) is 2. The summed E-state index contributed by atoms with van der Waals surface area (Å²) in [4.78, 5) is 3.19. The van der Waals surface area contributed by atoms with E-state index in [1.165, 1.54) is 12.3 Å². The monoisotopic (exact) mass is 412 g/mol. The number of hydrogen-bond donors (Lipinski definition) is 1. The second kappa shape index (κ2) is 7.21. The van der Waals surface area contributed by atoms with E-state index >= 15 is 0 Å². The Morgan fingerprint density at radius 1 is 0.964 bits per heavy atom. The molecule has 0 saturated heterocycles. The first-order chi connectivity index (χ1) is 13.4. The van der Waals surface area contributed by atoms with Gasteiger partial charge in [-0.1, -0.05) is 12.1 Å². The van der Waals surface area contributed by atoms with Gasteiger partial charge < -0.3 is 5.11 Å². The van der Waals surface area contributed by atoms with E-state index in [-0.39, 0.29) is 18.3 Å². The Morgan fingerprint density at radius 3 is 2.25 bits per heavy atom. The van der Waals surface area contributed by atoms with Crippen LogP contribution in [0.1, 0.15) is 18.4 Å². The minimum Gasteiger partial charge on any atom is -0.506 e. The van der Waals surface area contributed by atoms with Crippen LogP contribution in [0.3, 0.4) is 0 Å². The van der Waals surface area contributed by atoms with Gasteiger partial charge in [0.25, 0.3) is 0 Å². The van der Waals surface area contributed by atoms with Gasteiger partial charge in [0.1, 0.15) is 16.2 Å². The van der Waals surface area contributed by atoms with Crippen molar-refractivity contribution in [2.24, 2.45) is 0 Å². The highest BCUT2D eigenvalue weighted by molar-refractivity contribution is 7.97. The van der Waals surface area contributed by atoms with Crippen molar-refractivity contribution in [2.45, 2.75) is 30.3 Å². The van der Waals surface area contributed by atoms with Crippen LogP contribution in [-0.2, 0) is 6.54 Å². The van der Waals surface area contributed by atoms with E-state index in [9.17, 15) is 27.1 Å². The molecule has 0 unspecified atom stereocenters. The third-order valence-corrected chi connectivity index (χ3v) is 5.70. The number of pyridine rings is 1. The summed E-state index contributed by atoms with van der Waals surface area (Å²) in [5.74, 6) is -9.79. The van der Waals surface area contributed by atoms with Crippen molar-refractivity contribution in [3.63, 3.8) is 0 Å². The zero-order chi connectivity index (χ0) is 20.0. The zero-order valence-corrected chi connectivity index (χ0v) is 15.0. The molecule has 0 spiro atoms. The summed E-state index contributed by atoms with van der Waals surface area (Å²) < 4.78 is 70.1. The van der Waals surface area contributed by atoms with Crippen molar-refractivity contribution in [3.05, 3.63) is 65.1 Å². The number of aromatic nitrogens is 1. The molecular weight excluding hydrogens is 399 g/mol. The zero-order valence-electron chi connectivity index (χ0n) is 14.2. The van der Waals surface area contributed by atoms with Crippen LogP contribution in [0.2, 0.25) is 0 Å². The van der Waals surface area contributed by atoms with Crippen molar-refractivity contribution in [3.8, 4) is 5.75 Å². The van der Waals surface area contributed by atoms with Gasteiger partial charge in [0.15, 0.2) is 23.3 Å². The quantitative estimate of drug-likeness (QED) is 0.267. The van der Waals surface area contributed by atoms with Gasteiger partial charge in [0, 0.05) is 24.2 Å². The molecule has 9 heteroatoms. The first-order valence-electron chi connectivity index (χ1n) is 8.40. The molecule has 1 aromatic heterocycles. The Hall–Kier alpha value is -2.39. The third-order valence-electron chi connectivity index (χ3n) is 4.50. The van der Waals surface area contributed by atoms with Crippen LogP contribution in [0.25, 0.3) is 10.9 Å². The normalized spacial score (nSPS) is 14.2. The summed E-state index contributed by atoms with van der Waals surface area (Å²) in [5.41, 5.74) is 1.08. The minimum absolute atomic E-state index is 0.00950. The molecule has 0 radical (unpaired) electrons. The fraction of sp³-hybridized carbons (Fsp3) is 0.211. The summed E-state index contributed by atoms with van der Waals surface area (Å²) in [6, 6.07) is 6.47. The molecule has 28 heavy (non-hydrogen) atoms. The Labute approximate surface area is 160 Å². The number of rotatable bonds is 5. The molecule has 0 aliphatic heterocycles. The van der Waals surface area contributed by atoms with Crippen LogP contribution < -0.4 is 0 Å². The van der Waals surface area contributed by atoms with E-state index in [0.717, 1.165) is 12.8 Å². The lowest BCUT2D eigenvalue weighted by atomic mass is 10.1. The van der Waals surface area contributed by atoms with Gasteiger partial charge in [-0.15, -0.1) is 0 Å². The van der Waals surface area contributed by atoms with Crippen LogP contribution in [0.15, 0.2) is 35.4 Å². The summed E-state index contributed by atoms with van der Waals surface area (Å²) in [7, 11) is 0. The van der Waals surface area contributed by atoms with Crippen LogP contribution >= 0.6 is 11.9 Å². The first-order valence-corrected chi connectivity index (χ1v) is 9.17. The maximum atomic E-state index is 14.1. The molecule has 1 N–H and O–H groups in total. The number of phenolic OH excluding ortho intramolecular Hbond substituents is 1. The van der Waals surface area contributed by atoms with Gasteiger partial charge in [0.2, 0.25) is 5.82 Å². The summed E-state index contributed by atoms with van der Waals surface area (Å²) in [6.07, 6.45) is 3.02. The number of halogens is 5. The van der Waals surface area contributed by atoms with Gasteiger partial charge in [-0.05, 0) is 42.5 Å². The summed E-state index contributed by atoms with van der Waals surface area (Å²) in [5, 5.41) is 10.6. The van der Waals surface area contributed by atoms with Gasteiger partial charge in [0.05, 0.1) is 0 Å². The highest BCUT2D eigenvalue weighted by atomic mass is 32.2. The Bertz CT molecular complexity index is 1040. The molecule has 146 valence electrons. The van der Waals surface area contributed by atoms with Crippen LogP contribution in [-0.4, -0.2) is 20.4 Å². The molecule has 0 atom stereocenters. The first kappa shape index (κ1) is 18.9.